The molecule has 0 saturated carbocycles. The maximum absolute atomic E-state index is 12.6. The number of anilines is 2. The van der Waals surface area contributed by atoms with E-state index in [1.54, 1.807) is 18.2 Å². The van der Waals surface area contributed by atoms with Crippen molar-refractivity contribution in [1.82, 2.24) is 0 Å². The number of fused-ring (bicyclic) bond motifs is 1. The third-order valence-corrected chi connectivity index (χ3v) is 6.46. The Hall–Kier alpha value is -3.52. The third kappa shape index (κ3) is 5.64. The lowest BCUT2D eigenvalue weighted by molar-refractivity contribution is -0.116. The van der Waals surface area contributed by atoms with Crippen LogP contribution in [0.25, 0.3) is 11.1 Å². The smallest absolute Gasteiger partial charge is 0.232 e. The fourth-order valence-electron chi connectivity index (χ4n) is 3.73. The summed E-state index contributed by atoms with van der Waals surface area (Å²) < 4.78 is 37.2. The van der Waals surface area contributed by atoms with Crippen molar-refractivity contribution in [3.05, 3.63) is 72.8 Å². The van der Waals surface area contributed by atoms with E-state index < -0.39 is 10.0 Å². The van der Waals surface area contributed by atoms with E-state index in [1.807, 2.05) is 54.6 Å². The maximum Gasteiger partial charge on any atom is 0.232 e. The van der Waals surface area contributed by atoms with Crippen LogP contribution in [0.15, 0.2) is 72.8 Å². The van der Waals surface area contributed by atoms with Crippen LogP contribution in [0.5, 0.6) is 11.5 Å². The molecule has 0 radical (unpaired) electrons. The average molecular weight is 467 g/mol. The molecule has 0 atom stereocenters. The highest BCUT2D eigenvalue weighted by atomic mass is 32.2. The number of hydrogen-bond acceptors (Lipinski definition) is 5. The molecule has 7 nitrogen and oxygen atoms in total. The zero-order chi connectivity index (χ0) is 23.3. The summed E-state index contributed by atoms with van der Waals surface area (Å²) in [6.45, 7) is 1.05. The van der Waals surface area contributed by atoms with Gasteiger partial charge in [-0.25, -0.2) is 8.42 Å². The van der Waals surface area contributed by atoms with Gasteiger partial charge in [-0.1, -0.05) is 48.5 Å². The van der Waals surface area contributed by atoms with Gasteiger partial charge in [-0.2, -0.15) is 0 Å². The highest BCUT2D eigenvalue weighted by molar-refractivity contribution is 7.92. The molecule has 0 unspecified atom stereocenters. The lowest BCUT2D eigenvalue weighted by atomic mass is 10.0. The van der Waals surface area contributed by atoms with Crippen LogP contribution in [-0.2, 0) is 14.8 Å². The average Bonchev–Trinajstić information content (AvgIpc) is 2.82. The Balaban J connectivity index is 1.41. The highest BCUT2D eigenvalue weighted by Crippen LogP contribution is 2.35. The van der Waals surface area contributed by atoms with Gasteiger partial charge in [-0.3, -0.25) is 9.10 Å². The minimum atomic E-state index is -3.54. The van der Waals surface area contributed by atoms with Gasteiger partial charge in [-0.05, 0) is 30.2 Å². The van der Waals surface area contributed by atoms with Gasteiger partial charge in [0.15, 0.2) is 11.5 Å². The fourth-order valence-corrected chi connectivity index (χ4v) is 4.69. The summed E-state index contributed by atoms with van der Waals surface area (Å²) in [5.74, 6) is 0.937. The molecule has 8 heteroatoms. The molecular formula is C25H26N2O5S. The number of carbonyl (C=O) groups is 1. The molecule has 1 aliphatic heterocycles. The second-order valence-corrected chi connectivity index (χ2v) is 9.63. The summed E-state index contributed by atoms with van der Waals surface area (Å²) in [5.41, 5.74) is 3.15. The number of nitrogens with one attached hydrogen (secondary N) is 1. The number of amides is 1. The molecule has 0 fully saturated rings. The Labute approximate surface area is 194 Å². The van der Waals surface area contributed by atoms with Crippen LogP contribution in [0.1, 0.15) is 12.8 Å². The Morgan fingerprint density at radius 3 is 2.39 bits per heavy atom. The molecule has 1 aliphatic rings. The van der Waals surface area contributed by atoms with Gasteiger partial charge in [0, 0.05) is 30.3 Å². The Morgan fingerprint density at radius 2 is 1.64 bits per heavy atom. The second kappa shape index (κ2) is 9.95. The number of nitrogens with zero attached hydrogens (tertiary/aromatic N) is 1. The summed E-state index contributed by atoms with van der Waals surface area (Å²) in [7, 11) is -3.54. The van der Waals surface area contributed by atoms with Gasteiger partial charge in [0.1, 0.15) is 13.2 Å². The highest BCUT2D eigenvalue weighted by Gasteiger charge is 2.21. The summed E-state index contributed by atoms with van der Waals surface area (Å²) in [4.78, 5) is 12.6. The zero-order valence-electron chi connectivity index (χ0n) is 18.4. The molecule has 0 aliphatic carbocycles. The number of para-hydroxylation sites is 1. The molecule has 0 bridgehead atoms. The molecule has 1 N–H and O–H groups in total. The van der Waals surface area contributed by atoms with E-state index >= 15 is 0 Å². The van der Waals surface area contributed by atoms with E-state index in [0.717, 1.165) is 23.1 Å². The fraction of sp³-hybridized carbons (Fsp3) is 0.240. The Morgan fingerprint density at radius 1 is 0.939 bits per heavy atom. The molecule has 33 heavy (non-hydrogen) atoms. The molecule has 3 aromatic rings. The standard InChI is InChI=1S/C25H26N2O5S/c1-33(29,30)27(20-13-14-23-24(18-20)32-17-16-31-23)15-7-12-25(28)26-22-11-6-5-10-21(22)19-8-3-2-4-9-19/h2-6,8-11,13-14,18H,7,12,15-17H2,1H3,(H,26,28). The predicted octanol–water partition coefficient (Wildman–Crippen LogP) is 4.31. The van der Waals surface area contributed by atoms with E-state index in [1.165, 1.54) is 4.31 Å². The van der Waals surface area contributed by atoms with Gasteiger partial charge in [0.2, 0.25) is 15.9 Å². The molecular weight excluding hydrogens is 440 g/mol. The van der Waals surface area contributed by atoms with E-state index in [0.29, 0.717) is 36.8 Å². The summed E-state index contributed by atoms with van der Waals surface area (Å²) in [6.07, 6.45) is 1.69. The van der Waals surface area contributed by atoms with E-state index in [2.05, 4.69) is 5.32 Å². The van der Waals surface area contributed by atoms with Crippen molar-refractivity contribution in [2.45, 2.75) is 12.8 Å². The molecule has 0 saturated heterocycles. The summed E-state index contributed by atoms with van der Waals surface area (Å²) in [5, 5.41) is 2.96. The SMILES string of the molecule is CS(=O)(=O)N(CCCC(=O)Nc1ccccc1-c1ccccc1)c1ccc2c(c1)OCCO2. The van der Waals surface area contributed by atoms with Crippen LogP contribution in [0, 0.1) is 0 Å². The molecule has 172 valence electrons. The van der Waals surface area contributed by atoms with Crippen molar-refractivity contribution in [2.75, 3.05) is 35.6 Å². The molecule has 1 amide bonds. The Bertz CT molecular complexity index is 1230. The minimum Gasteiger partial charge on any atom is -0.486 e. The van der Waals surface area contributed by atoms with Crippen LogP contribution in [0.3, 0.4) is 0 Å². The van der Waals surface area contributed by atoms with Crippen molar-refractivity contribution < 1.29 is 22.7 Å². The molecule has 3 aromatic carbocycles. The minimum absolute atomic E-state index is 0.172. The first-order chi connectivity index (χ1) is 15.9. The first-order valence-electron chi connectivity index (χ1n) is 10.7. The van der Waals surface area contributed by atoms with Gasteiger partial charge in [0.05, 0.1) is 11.9 Å². The number of sulfonamides is 1. The maximum atomic E-state index is 12.6. The second-order valence-electron chi connectivity index (χ2n) is 7.73. The van der Waals surface area contributed by atoms with Crippen LogP contribution in [0.2, 0.25) is 0 Å². The van der Waals surface area contributed by atoms with Crippen LogP contribution in [-0.4, -0.2) is 40.3 Å². The van der Waals surface area contributed by atoms with Crippen molar-refractivity contribution in [3.8, 4) is 22.6 Å². The Kier molecular flexibility index (Phi) is 6.84. The van der Waals surface area contributed by atoms with Crippen molar-refractivity contribution >= 4 is 27.3 Å². The van der Waals surface area contributed by atoms with Gasteiger partial charge in [0.25, 0.3) is 0 Å². The number of hydrogen-bond donors (Lipinski definition) is 1. The molecule has 4 rings (SSSR count). The monoisotopic (exact) mass is 466 g/mol. The first-order valence-corrected chi connectivity index (χ1v) is 12.6. The lowest BCUT2D eigenvalue weighted by Crippen LogP contribution is -2.31. The number of ether oxygens (including phenoxy) is 2. The van der Waals surface area contributed by atoms with Crippen LogP contribution >= 0.6 is 0 Å². The van der Waals surface area contributed by atoms with Gasteiger partial charge in [-0.15, -0.1) is 0 Å². The van der Waals surface area contributed by atoms with E-state index in [-0.39, 0.29) is 18.9 Å². The normalized spacial score (nSPS) is 12.8. The quantitative estimate of drug-likeness (QED) is 0.535. The molecule has 0 aromatic heterocycles. The zero-order valence-corrected chi connectivity index (χ0v) is 19.2. The van der Waals surface area contributed by atoms with Gasteiger partial charge < -0.3 is 14.8 Å². The van der Waals surface area contributed by atoms with Crippen LogP contribution < -0.4 is 19.1 Å². The van der Waals surface area contributed by atoms with Gasteiger partial charge >= 0.3 is 0 Å². The summed E-state index contributed by atoms with van der Waals surface area (Å²) in [6, 6.07) is 22.5. The molecule has 1 heterocycles. The number of carbonyl (C=O) groups excluding carboxylic acids is 1. The van der Waals surface area contributed by atoms with Crippen molar-refractivity contribution in [3.63, 3.8) is 0 Å². The van der Waals surface area contributed by atoms with E-state index in [9.17, 15) is 13.2 Å². The lowest BCUT2D eigenvalue weighted by Gasteiger charge is -2.25. The predicted molar refractivity (Wildman–Crippen MR) is 129 cm³/mol. The largest absolute Gasteiger partial charge is 0.486 e. The topological polar surface area (TPSA) is 84.9 Å². The number of rotatable bonds is 8. The third-order valence-electron chi connectivity index (χ3n) is 5.27. The van der Waals surface area contributed by atoms with Crippen molar-refractivity contribution in [1.29, 1.82) is 0 Å². The summed E-state index contributed by atoms with van der Waals surface area (Å²) >= 11 is 0. The van der Waals surface area contributed by atoms with Crippen LogP contribution in [0.4, 0.5) is 11.4 Å². The first kappa shape index (κ1) is 22.7. The number of benzene rings is 3. The van der Waals surface area contributed by atoms with E-state index in [4.69, 9.17) is 9.47 Å². The molecule has 0 spiro atoms. The van der Waals surface area contributed by atoms with Crippen molar-refractivity contribution in [2.24, 2.45) is 0 Å².